The summed E-state index contributed by atoms with van der Waals surface area (Å²) in [6.45, 7) is 6.63. The lowest BCUT2D eigenvalue weighted by molar-refractivity contribution is -0.119. The zero-order valence-corrected chi connectivity index (χ0v) is 20.6. The summed E-state index contributed by atoms with van der Waals surface area (Å²) in [5.41, 5.74) is 3.15. The first-order chi connectivity index (χ1) is 17.0. The van der Waals surface area contributed by atoms with Gasteiger partial charge in [0.15, 0.2) is 0 Å². The normalized spacial score (nSPS) is 18.5. The van der Waals surface area contributed by atoms with E-state index in [0.29, 0.717) is 18.6 Å². The molecule has 0 N–H and O–H groups in total. The molecular formula is C29H34N2O4. The second-order valence-electron chi connectivity index (χ2n) is 10.0. The van der Waals surface area contributed by atoms with Gasteiger partial charge in [-0.05, 0) is 73.6 Å². The average Bonchev–Trinajstić information content (AvgIpc) is 3.43. The Labute approximate surface area is 207 Å². The highest BCUT2D eigenvalue weighted by Gasteiger charge is 2.25. The monoisotopic (exact) mass is 474 g/mol. The lowest BCUT2D eigenvalue weighted by atomic mass is 9.94. The number of aromatic nitrogens is 1. The highest BCUT2D eigenvalue weighted by Crippen LogP contribution is 2.31. The van der Waals surface area contributed by atoms with Gasteiger partial charge in [0.1, 0.15) is 29.1 Å². The Balaban J connectivity index is 1.08. The van der Waals surface area contributed by atoms with Crippen molar-refractivity contribution in [3.8, 4) is 11.5 Å². The molecule has 2 fully saturated rings. The molecule has 1 aliphatic carbocycles. The number of ketones is 1. The molecule has 35 heavy (non-hydrogen) atoms. The minimum Gasteiger partial charge on any atom is -0.493 e. The van der Waals surface area contributed by atoms with Gasteiger partial charge in [-0.25, -0.2) is 0 Å². The largest absolute Gasteiger partial charge is 0.493 e. The number of benzene rings is 2. The van der Waals surface area contributed by atoms with Crippen molar-refractivity contribution in [1.82, 2.24) is 5.16 Å². The van der Waals surface area contributed by atoms with Crippen LogP contribution in [0.5, 0.6) is 11.5 Å². The van der Waals surface area contributed by atoms with Crippen molar-refractivity contribution in [1.29, 1.82) is 0 Å². The molecule has 0 unspecified atom stereocenters. The van der Waals surface area contributed by atoms with Gasteiger partial charge in [-0.3, -0.25) is 4.79 Å². The summed E-state index contributed by atoms with van der Waals surface area (Å²) in [7, 11) is 0. The first-order valence-corrected chi connectivity index (χ1v) is 12.7. The van der Waals surface area contributed by atoms with Gasteiger partial charge in [-0.1, -0.05) is 24.2 Å². The second-order valence-corrected chi connectivity index (χ2v) is 10.0. The van der Waals surface area contributed by atoms with Crippen LogP contribution in [0.4, 0.5) is 5.69 Å². The Morgan fingerprint density at radius 2 is 1.83 bits per heavy atom. The van der Waals surface area contributed by atoms with E-state index in [9.17, 15) is 4.79 Å². The summed E-state index contributed by atoms with van der Waals surface area (Å²) < 4.78 is 17.3. The molecular weight excluding hydrogens is 440 g/mol. The molecule has 2 aliphatic rings. The number of carbonyl (C=O) groups excluding carboxylic acids is 1. The Morgan fingerprint density at radius 1 is 1.09 bits per heavy atom. The molecule has 1 aromatic heterocycles. The van der Waals surface area contributed by atoms with Gasteiger partial charge >= 0.3 is 0 Å². The van der Waals surface area contributed by atoms with Crippen LogP contribution in [0.1, 0.15) is 55.5 Å². The fourth-order valence-electron chi connectivity index (χ4n) is 4.60. The minimum atomic E-state index is 0.138. The van der Waals surface area contributed by atoms with E-state index in [2.05, 4.69) is 53.4 Å². The summed E-state index contributed by atoms with van der Waals surface area (Å²) in [6.07, 6.45) is 4.53. The highest BCUT2D eigenvalue weighted by atomic mass is 16.5. The smallest absolute Gasteiger partial charge is 0.144 e. The van der Waals surface area contributed by atoms with E-state index in [-0.39, 0.29) is 17.8 Å². The number of carbonyl (C=O) groups is 1. The number of hydrogen-bond acceptors (Lipinski definition) is 6. The Hall–Kier alpha value is -3.28. The minimum absolute atomic E-state index is 0.138. The van der Waals surface area contributed by atoms with Gasteiger partial charge in [0.2, 0.25) is 0 Å². The summed E-state index contributed by atoms with van der Waals surface area (Å²) >= 11 is 0. The summed E-state index contributed by atoms with van der Waals surface area (Å²) in [6, 6.07) is 18.4. The number of aryl methyl sites for hydroxylation is 1. The third kappa shape index (κ3) is 6.44. The molecule has 2 atom stereocenters. The molecule has 184 valence electrons. The van der Waals surface area contributed by atoms with Crippen molar-refractivity contribution in [3.05, 3.63) is 71.6 Å². The Morgan fingerprint density at radius 3 is 2.51 bits per heavy atom. The quantitative estimate of drug-likeness (QED) is 0.353. The molecule has 1 saturated heterocycles. The standard InChI is InChI=1S/C29H34N2O4/c1-20(15-25(32)17-29-16-21(2)30-35-29)23-5-9-27(10-6-23)34-28-13-14-31(18-28)24-7-11-26(12-8-24)33-19-22-3-4-22/h5-12,16,20,22,28H,3-4,13-15,17-19H2,1-2H3/t20-,28-/m1/s1. The van der Waals surface area contributed by atoms with Gasteiger partial charge in [0, 0.05) is 31.1 Å². The van der Waals surface area contributed by atoms with Crippen LogP contribution in [0.3, 0.4) is 0 Å². The maximum Gasteiger partial charge on any atom is 0.144 e. The fourth-order valence-corrected chi connectivity index (χ4v) is 4.60. The van der Waals surface area contributed by atoms with Crippen LogP contribution in [0.2, 0.25) is 0 Å². The Kier molecular flexibility index (Phi) is 7.07. The van der Waals surface area contributed by atoms with E-state index >= 15 is 0 Å². The molecule has 2 heterocycles. The van der Waals surface area contributed by atoms with Crippen LogP contribution in [0, 0.1) is 12.8 Å². The van der Waals surface area contributed by atoms with Gasteiger partial charge in [-0.15, -0.1) is 0 Å². The molecule has 0 radical (unpaired) electrons. The van der Waals surface area contributed by atoms with Gasteiger partial charge in [0.25, 0.3) is 0 Å². The highest BCUT2D eigenvalue weighted by molar-refractivity contribution is 5.81. The maximum atomic E-state index is 12.4. The number of anilines is 1. The maximum absolute atomic E-state index is 12.4. The molecule has 0 amide bonds. The number of rotatable bonds is 11. The number of hydrogen-bond donors (Lipinski definition) is 0. The van der Waals surface area contributed by atoms with E-state index in [4.69, 9.17) is 14.0 Å². The van der Waals surface area contributed by atoms with Crippen molar-refractivity contribution in [2.24, 2.45) is 5.92 Å². The van der Waals surface area contributed by atoms with Crippen molar-refractivity contribution in [2.45, 2.75) is 58.0 Å². The van der Waals surface area contributed by atoms with Crippen molar-refractivity contribution in [3.63, 3.8) is 0 Å². The molecule has 3 aromatic rings. The molecule has 6 nitrogen and oxygen atoms in total. The summed E-state index contributed by atoms with van der Waals surface area (Å²) in [4.78, 5) is 14.8. The molecule has 1 saturated carbocycles. The lowest BCUT2D eigenvalue weighted by Crippen LogP contribution is -2.24. The van der Waals surface area contributed by atoms with Crippen LogP contribution < -0.4 is 14.4 Å². The second kappa shape index (κ2) is 10.5. The van der Waals surface area contributed by atoms with Crippen LogP contribution in [-0.4, -0.2) is 36.7 Å². The number of Topliss-reactive ketones (excluding diaryl/α,β-unsaturated/α-hetero) is 1. The van der Waals surface area contributed by atoms with Gasteiger partial charge in [-0.2, -0.15) is 0 Å². The van der Waals surface area contributed by atoms with E-state index in [1.54, 1.807) is 0 Å². The third-order valence-corrected chi connectivity index (χ3v) is 6.86. The topological polar surface area (TPSA) is 64.8 Å². The van der Waals surface area contributed by atoms with E-state index < -0.39 is 0 Å². The van der Waals surface area contributed by atoms with Crippen molar-refractivity contribution >= 4 is 11.5 Å². The molecule has 1 aliphatic heterocycles. The zero-order chi connectivity index (χ0) is 24.2. The predicted molar refractivity (Wildman–Crippen MR) is 135 cm³/mol. The molecule has 5 rings (SSSR count). The van der Waals surface area contributed by atoms with Crippen LogP contribution in [0.15, 0.2) is 59.1 Å². The fraction of sp³-hybridized carbons (Fsp3) is 0.448. The van der Waals surface area contributed by atoms with Crippen LogP contribution >= 0.6 is 0 Å². The average molecular weight is 475 g/mol. The lowest BCUT2D eigenvalue weighted by Gasteiger charge is -2.20. The first-order valence-electron chi connectivity index (χ1n) is 12.7. The molecule has 0 spiro atoms. The van der Waals surface area contributed by atoms with E-state index in [1.807, 2.05) is 25.1 Å². The van der Waals surface area contributed by atoms with Crippen LogP contribution in [-0.2, 0) is 11.2 Å². The van der Waals surface area contributed by atoms with E-state index in [1.165, 1.54) is 18.5 Å². The number of nitrogens with zero attached hydrogens (tertiary/aromatic N) is 2. The predicted octanol–water partition coefficient (Wildman–Crippen LogP) is 5.73. The zero-order valence-electron chi connectivity index (χ0n) is 20.6. The first kappa shape index (κ1) is 23.5. The van der Waals surface area contributed by atoms with Gasteiger partial charge < -0.3 is 18.9 Å². The number of ether oxygens (including phenoxy) is 2. The Bertz CT molecular complexity index is 1120. The molecule has 2 aromatic carbocycles. The summed E-state index contributed by atoms with van der Waals surface area (Å²) in [5, 5.41) is 3.85. The van der Waals surface area contributed by atoms with Crippen molar-refractivity contribution < 1.29 is 18.8 Å². The molecule has 6 heteroatoms. The van der Waals surface area contributed by atoms with Crippen molar-refractivity contribution in [2.75, 3.05) is 24.6 Å². The molecule has 0 bridgehead atoms. The van der Waals surface area contributed by atoms with Gasteiger partial charge in [0.05, 0.1) is 25.3 Å². The third-order valence-electron chi connectivity index (χ3n) is 6.86. The van der Waals surface area contributed by atoms with Crippen LogP contribution in [0.25, 0.3) is 0 Å². The summed E-state index contributed by atoms with van der Waals surface area (Å²) in [5.74, 6) is 3.52. The van der Waals surface area contributed by atoms with E-state index in [0.717, 1.165) is 54.8 Å². The SMILES string of the molecule is Cc1cc(CC(=O)C[C@@H](C)c2ccc(O[C@@H]3CCN(c4ccc(OCC5CC5)cc4)C3)cc2)on1.